The molecule has 0 unspecified atom stereocenters. The summed E-state index contributed by atoms with van der Waals surface area (Å²) in [5.41, 5.74) is 0.668. The Morgan fingerprint density at radius 1 is 1.56 bits per heavy atom. The minimum Gasteiger partial charge on any atom is -0.469 e. The maximum Gasteiger partial charge on any atom is 0.307 e. The molecule has 0 aliphatic carbocycles. The van der Waals surface area contributed by atoms with Crippen molar-refractivity contribution in [3.63, 3.8) is 0 Å². The van der Waals surface area contributed by atoms with Crippen molar-refractivity contribution >= 4 is 45.8 Å². The number of hydrogen-bond donors (Lipinski definition) is 0. The van der Waals surface area contributed by atoms with E-state index in [2.05, 4.69) is 27.3 Å². The van der Waals surface area contributed by atoms with Crippen molar-refractivity contribution in [3.05, 3.63) is 19.9 Å². The molecule has 1 rings (SSSR count). The summed E-state index contributed by atoms with van der Waals surface area (Å²) >= 11 is 3.70. The van der Waals surface area contributed by atoms with Gasteiger partial charge in [-0.15, -0.1) is 11.3 Å². The molecule has 1 aromatic heterocycles. The van der Waals surface area contributed by atoms with Gasteiger partial charge in [0.2, 0.25) is 0 Å². The van der Waals surface area contributed by atoms with Gasteiger partial charge in [0, 0.05) is 19.0 Å². The summed E-state index contributed by atoms with van der Waals surface area (Å²) in [6, 6.07) is 1.84. The molecule has 0 saturated heterocycles. The molecule has 0 bridgehead atoms. The van der Waals surface area contributed by atoms with Gasteiger partial charge in [0.25, 0.3) is 5.91 Å². The second-order valence-corrected chi connectivity index (χ2v) is 6.00. The van der Waals surface area contributed by atoms with Crippen LogP contribution in [0.1, 0.15) is 16.8 Å². The van der Waals surface area contributed by atoms with E-state index in [0.717, 1.165) is 2.88 Å². The van der Waals surface area contributed by atoms with E-state index in [1.54, 1.807) is 7.05 Å². The summed E-state index contributed by atoms with van der Waals surface area (Å²) in [5, 5.41) is 1.82. The number of ether oxygens (including phenoxy) is 1. The minimum atomic E-state index is -0.306. The Balaban J connectivity index is 2.51. The van der Waals surface area contributed by atoms with Gasteiger partial charge in [0.1, 0.15) is 0 Å². The highest BCUT2D eigenvalue weighted by atomic mass is 127. The first-order valence-electron chi connectivity index (χ1n) is 4.61. The smallest absolute Gasteiger partial charge is 0.307 e. The maximum absolute atomic E-state index is 11.8. The number of methoxy groups -OCH3 is 1. The highest BCUT2D eigenvalue weighted by Crippen LogP contribution is 2.17. The van der Waals surface area contributed by atoms with E-state index in [1.807, 2.05) is 11.4 Å². The molecule has 0 aliphatic heterocycles. The van der Waals surface area contributed by atoms with Crippen LogP contribution in [0, 0.1) is 2.88 Å². The Morgan fingerprint density at radius 3 is 2.75 bits per heavy atom. The summed E-state index contributed by atoms with van der Waals surface area (Å²) in [7, 11) is 3.02. The average Bonchev–Trinajstić information content (AvgIpc) is 2.71. The molecule has 88 valence electrons. The molecule has 16 heavy (non-hydrogen) atoms. The molecular weight excluding hydrogens is 341 g/mol. The topological polar surface area (TPSA) is 46.6 Å². The summed E-state index contributed by atoms with van der Waals surface area (Å²) in [5.74, 6) is -0.373. The molecule has 0 fully saturated rings. The normalized spacial score (nSPS) is 9.94. The van der Waals surface area contributed by atoms with Crippen LogP contribution in [0.3, 0.4) is 0 Å². The molecule has 0 aliphatic rings. The van der Waals surface area contributed by atoms with Crippen molar-refractivity contribution in [1.29, 1.82) is 0 Å². The summed E-state index contributed by atoms with van der Waals surface area (Å²) in [6.07, 6.45) is 0.222. The Labute approximate surface area is 112 Å². The van der Waals surface area contributed by atoms with Gasteiger partial charge in [0.05, 0.1) is 22.0 Å². The average molecular weight is 353 g/mol. The number of carbonyl (C=O) groups is 2. The molecule has 0 atom stereocenters. The molecule has 1 amide bonds. The van der Waals surface area contributed by atoms with Crippen molar-refractivity contribution in [1.82, 2.24) is 4.90 Å². The number of nitrogens with zero attached hydrogens (tertiary/aromatic N) is 1. The van der Waals surface area contributed by atoms with Crippen molar-refractivity contribution in [2.24, 2.45) is 0 Å². The van der Waals surface area contributed by atoms with Crippen LogP contribution in [0.5, 0.6) is 0 Å². The highest BCUT2D eigenvalue weighted by molar-refractivity contribution is 14.1. The third-order valence-corrected chi connectivity index (χ3v) is 3.83. The van der Waals surface area contributed by atoms with Crippen LogP contribution in [0.4, 0.5) is 0 Å². The summed E-state index contributed by atoms with van der Waals surface area (Å²) in [4.78, 5) is 24.3. The molecule has 0 spiro atoms. The molecule has 0 saturated carbocycles. The second-order valence-electron chi connectivity index (χ2n) is 3.19. The van der Waals surface area contributed by atoms with Gasteiger partial charge in [-0.05, 0) is 28.7 Å². The van der Waals surface area contributed by atoms with Crippen LogP contribution in [-0.4, -0.2) is 37.5 Å². The SMILES string of the molecule is COC(=O)CCN(C)C(=O)c1csc(I)c1. The highest BCUT2D eigenvalue weighted by Gasteiger charge is 2.14. The van der Waals surface area contributed by atoms with E-state index < -0.39 is 0 Å². The summed E-state index contributed by atoms with van der Waals surface area (Å²) < 4.78 is 5.59. The first-order chi connectivity index (χ1) is 7.54. The quantitative estimate of drug-likeness (QED) is 0.614. The van der Waals surface area contributed by atoms with Gasteiger partial charge >= 0.3 is 5.97 Å². The molecule has 1 aromatic rings. The molecule has 0 radical (unpaired) electrons. The lowest BCUT2D eigenvalue weighted by Crippen LogP contribution is -2.28. The van der Waals surface area contributed by atoms with Gasteiger partial charge in [-0.2, -0.15) is 0 Å². The fourth-order valence-corrected chi connectivity index (χ4v) is 2.43. The van der Waals surface area contributed by atoms with Gasteiger partial charge < -0.3 is 9.64 Å². The lowest BCUT2D eigenvalue weighted by atomic mass is 10.3. The lowest BCUT2D eigenvalue weighted by molar-refractivity contribution is -0.140. The number of carbonyl (C=O) groups excluding carboxylic acids is 2. The van der Waals surface area contributed by atoms with Crippen LogP contribution in [-0.2, 0) is 9.53 Å². The number of hydrogen-bond acceptors (Lipinski definition) is 4. The van der Waals surface area contributed by atoms with Crippen molar-refractivity contribution < 1.29 is 14.3 Å². The van der Waals surface area contributed by atoms with E-state index in [-0.39, 0.29) is 18.3 Å². The van der Waals surface area contributed by atoms with Crippen LogP contribution in [0.2, 0.25) is 0 Å². The largest absolute Gasteiger partial charge is 0.469 e. The lowest BCUT2D eigenvalue weighted by Gasteiger charge is -2.15. The Bertz CT molecular complexity index is 391. The third kappa shape index (κ3) is 3.75. The molecule has 6 heteroatoms. The number of halogens is 1. The minimum absolute atomic E-state index is 0.0666. The van der Waals surface area contributed by atoms with Crippen molar-refractivity contribution in [2.45, 2.75) is 6.42 Å². The molecule has 0 aromatic carbocycles. The Kier molecular flexibility index (Phi) is 5.20. The second kappa shape index (κ2) is 6.19. The molecular formula is C10H12INO3S. The predicted molar refractivity (Wildman–Crippen MR) is 70.6 cm³/mol. The maximum atomic E-state index is 11.8. The van der Waals surface area contributed by atoms with E-state index >= 15 is 0 Å². The number of rotatable bonds is 4. The monoisotopic (exact) mass is 353 g/mol. The standard InChI is InChI=1S/C10H12INO3S/c1-12(4-3-9(13)15-2)10(14)7-5-8(11)16-6-7/h5-6H,3-4H2,1-2H3. The van der Waals surface area contributed by atoms with Crippen LogP contribution >= 0.6 is 33.9 Å². The Hall–Kier alpha value is -0.630. The summed E-state index contributed by atoms with van der Waals surface area (Å²) in [6.45, 7) is 0.373. The van der Waals surface area contributed by atoms with Crippen molar-refractivity contribution in [2.75, 3.05) is 20.7 Å². The zero-order valence-electron chi connectivity index (χ0n) is 9.03. The van der Waals surface area contributed by atoms with E-state index in [1.165, 1.54) is 23.3 Å². The zero-order chi connectivity index (χ0) is 12.1. The fraction of sp³-hybridized carbons (Fsp3) is 0.400. The van der Waals surface area contributed by atoms with Gasteiger partial charge in [-0.25, -0.2) is 0 Å². The number of amides is 1. The molecule has 1 heterocycles. The van der Waals surface area contributed by atoms with Crippen LogP contribution < -0.4 is 0 Å². The first kappa shape index (κ1) is 13.4. The fourth-order valence-electron chi connectivity index (χ4n) is 1.11. The first-order valence-corrected chi connectivity index (χ1v) is 6.56. The van der Waals surface area contributed by atoms with Crippen LogP contribution in [0.25, 0.3) is 0 Å². The molecule has 0 N–H and O–H groups in total. The van der Waals surface area contributed by atoms with Gasteiger partial charge in [-0.3, -0.25) is 9.59 Å². The van der Waals surface area contributed by atoms with E-state index in [4.69, 9.17) is 0 Å². The Morgan fingerprint density at radius 2 is 2.25 bits per heavy atom. The van der Waals surface area contributed by atoms with Crippen molar-refractivity contribution in [3.8, 4) is 0 Å². The number of esters is 1. The predicted octanol–water partition coefficient (Wildman–Crippen LogP) is 1.99. The molecule has 4 nitrogen and oxygen atoms in total. The zero-order valence-corrected chi connectivity index (χ0v) is 12.0. The van der Waals surface area contributed by atoms with E-state index in [0.29, 0.717) is 12.1 Å². The van der Waals surface area contributed by atoms with E-state index in [9.17, 15) is 9.59 Å². The van der Waals surface area contributed by atoms with Gasteiger partial charge in [0.15, 0.2) is 0 Å². The number of thiophene rings is 1. The third-order valence-electron chi connectivity index (χ3n) is 2.04. The van der Waals surface area contributed by atoms with Crippen LogP contribution in [0.15, 0.2) is 11.4 Å². The van der Waals surface area contributed by atoms with Gasteiger partial charge in [-0.1, -0.05) is 0 Å².